The maximum atomic E-state index is 6.35. The van der Waals surface area contributed by atoms with E-state index in [9.17, 15) is 0 Å². The van der Waals surface area contributed by atoms with Gasteiger partial charge >= 0.3 is 0 Å². The molecule has 0 N–H and O–H groups in total. The molecule has 0 bridgehead atoms. The van der Waals surface area contributed by atoms with Gasteiger partial charge in [-0.3, -0.25) is 0 Å². The molecule has 0 radical (unpaired) electrons. The zero-order valence-electron chi connectivity index (χ0n) is 15.1. The van der Waals surface area contributed by atoms with Crippen molar-refractivity contribution in [3.8, 4) is 16.9 Å². The molecule has 0 saturated carbocycles. The first-order valence-electron chi connectivity index (χ1n) is 8.98. The van der Waals surface area contributed by atoms with Crippen molar-refractivity contribution >= 4 is 23.2 Å². The van der Waals surface area contributed by atoms with Crippen molar-refractivity contribution < 1.29 is 4.74 Å². The third-order valence-corrected chi connectivity index (χ3v) is 4.98. The van der Waals surface area contributed by atoms with E-state index in [1.165, 1.54) is 25.8 Å². The fourth-order valence-electron chi connectivity index (χ4n) is 2.73. The molecule has 0 aromatic heterocycles. The number of hydrogen-bond donors (Lipinski definition) is 0. The lowest BCUT2D eigenvalue weighted by molar-refractivity contribution is 0.300. The molecule has 2 rings (SSSR count). The van der Waals surface area contributed by atoms with Gasteiger partial charge in [-0.2, -0.15) is 0 Å². The van der Waals surface area contributed by atoms with E-state index in [1.54, 1.807) is 0 Å². The summed E-state index contributed by atoms with van der Waals surface area (Å²) in [5, 5.41) is 1.28. The molecule has 0 aliphatic heterocycles. The summed E-state index contributed by atoms with van der Waals surface area (Å²) in [6.07, 6.45) is 4.73. The Bertz CT molecular complexity index is 640. The van der Waals surface area contributed by atoms with Gasteiger partial charge in [0, 0.05) is 11.1 Å². The molecule has 0 saturated heterocycles. The standard InChI is InChI=1S/C21H27Cl2NO/c1-3-24(2)15-8-4-5-9-16-25-20-14-7-6-11-17(20)21-18(22)12-10-13-19(21)23/h6-7,10-14H,3-5,8-9,15-16H2,1-2H3. The van der Waals surface area contributed by atoms with Crippen LogP contribution in [0.4, 0.5) is 0 Å². The molecule has 2 nitrogen and oxygen atoms in total. The van der Waals surface area contributed by atoms with Crippen molar-refractivity contribution in [2.45, 2.75) is 32.6 Å². The van der Waals surface area contributed by atoms with E-state index >= 15 is 0 Å². The first-order valence-corrected chi connectivity index (χ1v) is 9.73. The zero-order chi connectivity index (χ0) is 18.1. The van der Waals surface area contributed by atoms with Gasteiger partial charge in [0.15, 0.2) is 0 Å². The molecule has 25 heavy (non-hydrogen) atoms. The van der Waals surface area contributed by atoms with Crippen LogP contribution in [0.5, 0.6) is 5.75 Å². The van der Waals surface area contributed by atoms with Crippen molar-refractivity contribution in [2.75, 3.05) is 26.7 Å². The Morgan fingerprint density at radius 2 is 1.56 bits per heavy atom. The Kier molecular flexibility index (Phi) is 8.60. The van der Waals surface area contributed by atoms with Crippen LogP contribution in [0, 0.1) is 0 Å². The predicted octanol–water partition coefficient (Wildman–Crippen LogP) is 6.55. The fraction of sp³-hybridized carbons (Fsp3) is 0.429. The zero-order valence-corrected chi connectivity index (χ0v) is 16.6. The number of unbranched alkanes of at least 4 members (excludes halogenated alkanes) is 3. The molecule has 136 valence electrons. The topological polar surface area (TPSA) is 12.5 Å². The molecule has 0 atom stereocenters. The summed E-state index contributed by atoms with van der Waals surface area (Å²) in [7, 11) is 2.17. The minimum absolute atomic E-state index is 0.642. The largest absolute Gasteiger partial charge is 0.493 e. The predicted molar refractivity (Wildman–Crippen MR) is 109 cm³/mol. The van der Waals surface area contributed by atoms with Crippen LogP contribution in [-0.2, 0) is 0 Å². The van der Waals surface area contributed by atoms with Gasteiger partial charge in [-0.05, 0) is 51.2 Å². The number of para-hydroxylation sites is 1. The molecule has 0 aliphatic rings. The van der Waals surface area contributed by atoms with E-state index in [1.807, 2.05) is 42.5 Å². The van der Waals surface area contributed by atoms with Crippen LogP contribution >= 0.6 is 23.2 Å². The Labute approximate surface area is 161 Å². The summed E-state index contributed by atoms with van der Waals surface area (Å²) in [4.78, 5) is 2.35. The van der Waals surface area contributed by atoms with E-state index in [4.69, 9.17) is 27.9 Å². The fourth-order valence-corrected chi connectivity index (χ4v) is 3.33. The molecule has 0 spiro atoms. The van der Waals surface area contributed by atoms with Crippen molar-refractivity contribution in [3.05, 3.63) is 52.5 Å². The highest BCUT2D eigenvalue weighted by Crippen LogP contribution is 2.39. The molecule has 0 unspecified atom stereocenters. The highest BCUT2D eigenvalue weighted by Gasteiger charge is 2.12. The SMILES string of the molecule is CCN(C)CCCCCCOc1ccccc1-c1c(Cl)cccc1Cl. The molecule has 4 heteroatoms. The second-order valence-electron chi connectivity index (χ2n) is 6.25. The lowest BCUT2D eigenvalue weighted by Crippen LogP contribution is -2.18. The number of nitrogens with zero attached hydrogens (tertiary/aromatic N) is 1. The molecular formula is C21H27Cl2NO. The van der Waals surface area contributed by atoms with Crippen molar-refractivity contribution in [3.63, 3.8) is 0 Å². The number of benzene rings is 2. The average molecular weight is 380 g/mol. The second kappa shape index (κ2) is 10.7. The quantitative estimate of drug-likeness (QED) is 0.433. The first kappa shape index (κ1) is 20.1. The van der Waals surface area contributed by atoms with E-state index in [-0.39, 0.29) is 0 Å². The second-order valence-corrected chi connectivity index (χ2v) is 7.07. The van der Waals surface area contributed by atoms with E-state index in [2.05, 4.69) is 18.9 Å². The summed E-state index contributed by atoms with van der Waals surface area (Å²) in [5.41, 5.74) is 1.78. The summed E-state index contributed by atoms with van der Waals surface area (Å²) < 4.78 is 6.02. The number of halogens is 2. The third kappa shape index (κ3) is 6.22. The maximum Gasteiger partial charge on any atom is 0.127 e. The molecule has 0 aliphatic carbocycles. The number of ether oxygens (including phenoxy) is 1. The number of hydrogen-bond acceptors (Lipinski definition) is 2. The summed E-state index contributed by atoms with van der Waals surface area (Å²) in [6, 6.07) is 13.5. The van der Waals surface area contributed by atoms with E-state index in [0.29, 0.717) is 16.7 Å². The van der Waals surface area contributed by atoms with Crippen LogP contribution in [0.3, 0.4) is 0 Å². The lowest BCUT2D eigenvalue weighted by atomic mass is 10.0. The smallest absolute Gasteiger partial charge is 0.127 e. The van der Waals surface area contributed by atoms with Gasteiger partial charge < -0.3 is 9.64 Å². The van der Waals surface area contributed by atoms with Crippen LogP contribution in [0.2, 0.25) is 10.0 Å². The summed E-state index contributed by atoms with van der Waals surface area (Å²) >= 11 is 12.7. The van der Waals surface area contributed by atoms with Gasteiger partial charge in [0.05, 0.1) is 16.7 Å². The van der Waals surface area contributed by atoms with Crippen LogP contribution < -0.4 is 4.74 Å². The van der Waals surface area contributed by atoms with Crippen LogP contribution in [-0.4, -0.2) is 31.6 Å². The molecular weight excluding hydrogens is 353 g/mol. The molecule has 0 amide bonds. The Morgan fingerprint density at radius 3 is 2.28 bits per heavy atom. The Morgan fingerprint density at radius 1 is 0.880 bits per heavy atom. The first-order chi connectivity index (χ1) is 12.1. The lowest BCUT2D eigenvalue weighted by Gasteiger charge is -2.14. The van der Waals surface area contributed by atoms with Crippen molar-refractivity contribution in [1.29, 1.82) is 0 Å². The van der Waals surface area contributed by atoms with Crippen molar-refractivity contribution in [2.24, 2.45) is 0 Å². The Hall–Kier alpha value is -1.22. The minimum Gasteiger partial charge on any atom is -0.493 e. The van der Waals surface area contributed by atoms with Crippen LogP contribution in [0.15, 0.2) is 42.5 Å². The van der Waals surface area contributed by atoms with Gasteiger partial charge in [0.2, 0.25) is 0 Å². The molecule has 2 aromatic rings. The van der Waals surface area contributed by atoms with Gasteiger partial charge in [-0.25, -0.2) is 0 Å². The molecule has 0 fully saturated rings. The van der Waals surface area contributed by atoms with Gasteiger partial charge in [-0.15, -0.1) is 0 Å². The van der Waals surface area contributed by atoms with Gasteiger partial charge in [-0.1, -0.05) is 67.2 Å². The van der Waals surface area contributed by atoms with Gasteiger partial charge in [0.1, 0.15) is 5.75 Å². The van der Waals surface area contributed by atoms with E-state index in [0.717, 1.165) is 29.8 Å². The van der Waals surface area contributed by atoms with Crippen LogP contribution in [0.1, 0.15) is 32.6 Å². The average Bonchev–Trinajstić information content (AvgIpc) is 2.61. The highest BCUT2D eigenvalue weighted by atomic mass is 35.5. The Balaban J connectivity index is 1.88. The summed E-state index contributed by atoms with van der Waals surface area (Å²) in [6.45, 7) is 5.19. The molecule has 2 aromatic carbocycles. The van der Waals surface area contributed by atoms with Crippen LogP contribution in [0.25, 0.3) is 11.1 Å². The number of rotatable bonds is 10. The molecule has 0 heterocycles. The summed E-state index contributed by atoms with van der Waals surface area (Å²) in [5.74, 6) is 0.836. The monoisotopic (exact) mass is 379 g/mol. The van der Waals surface area contributed by atoms with E-state index < -0.39 is 0 Å². The highest BCUT2D eigenvalue weighted by molar-refractivity contribution is 6.39. The van der Waals surface area contributed by atoms with Gasteiger partial charge in [0.25, 0.3) is 0 Å². The van der Waals surface area contributed by atoms with Crippen molar-refractivity contribution in [1.82, 2.24) is 4.90 Å². The minimum atomic E-state index is 0.642. The normalized spacial score (nSPS) is 11.1. The maximum absolute atomic E-state index is 6.35. The third-order valence-electron chi connectivity index (χ3n) is 4.35.